The minimum Gasteiger partial charge on any atom is -0.494 e. The Bertz CT molecular complexity index is 886. The molecule has 0 amide bonds. The number of methoxy groups -OCH3 is 1. The summed E-state index contributed by atoms with van der Waals surface area (Å²) in [7, 11) is 1.30. The lowest BCUT2D eigenvalue weighted by Crippen LogP contribution is -2.51. The summed E-state index contributed by atoms with van der Waals surface area (Å²) in [6, 6.07) is 15.6. The fraction of sp³-hybridized carbons (Fsp3) is 0.409. The second kappa shape index (κ2) is 7.83. The van der Waals surface area contributed by atoms with Gasteiger partial charge >= 0.3 is 5.97 Å². The second-order valence-corrected chi connectivity index (χ2v) is 7.60. The highest BCUT2D eigenvalue weighted by atomic mass is 16.6. The highest BCUT2D eigenvalue weighted by Crippen LogP contribution is 2.53. The minimum absolute atomic E-state index is 0.285. The summed E-state index contributed by atoms with van der Waals surface area (Å²) in [5.74, 6) is -0.634. The third-order valence-corrected chi connectivity index (χ3v) is 5.85. The minimum atomic E-state index is -1.49. The van der Waals surface area contributed by atoms with Crippen LogP contribution >= 0.6 is 0 Å². The van der Waals surface area contributed by atoms with Gasteiger partial charge in [-0.05, 0) is 37.1 Å². The maximum absolute atomic E-state index is 12.8. The van der Waals surface area contributed by atoms with Crippen molar-refractivity contribution in [3.8, 4) is 5.75 Å². The average Bonchev–Trinajstić information content (AvgIpc) is 2.98. The summed E-state index contributed by atoms with van der Waals surface area (Å²) in [6.45, 7) is 5.67. The van der Waals surface area contributed by atoms with Gasteiger partial charge in [0, 0.05) is 11.8 Å². The van der Waals surface area contributed by atoms with Crippen LogP contribution in [0, 0.1) is 10.1 Å². The van der Waals surface area contributed by atoms with E-state index in [1.165, 1.54) is 7.11 Å². The molecule has 1 aliphatic heterocycles. The maximum atomic E-state index is 12.8. The van der Waals surface area contributed by atoms with Crippen molar-refractivity contribution in [1.82, 2.24) is 5.32 Å². The molecule has 0 radical (unpaired) electrons. The number of nitro groups is 1. The zero-order valence-electron chi connectivity index (χ0n) is 17.0. The van der Waals surface area contributed by atoms with Crippen LogP contribution in [0.5, 0.6) is 5.75 Å². The Balaban J connectivity index is 2.19. The van der Waals surface area contributed by atoms with Gasteiger partial charge in [-0.25, -0.2) is 0 Å². The van der Waals surface area contributed by atoms with Crippen molar-refractivity contribution in [2.24, 2.45) is 0 Å². The first-order valence-electron chi connectivity index (χ1n) is 9.57. The molecule has 0 saturated carbocycles. The molecule has 29 heavy (non-hydrogen) atoms. The zero-order chi connectivity index (χ0) is 21.2. The van der Waals surface area contributed by atoms with Crippen LogP contribution in [0.3, 0.4) is 0 Å². The van der Waals surface area contributed by atoms with Gasteiger partial charge < -0.3 is 9.47 Å². The molecule has 0 bridgehead atoms. The van der Waals surface area contributed by atoms with Crippen LogP contribution in [-0.4, -0.2) is 35.7 Å². The highest BCUT2D eigenvalue weighted by Gasteiger charge is 2.69. The lowest BCUT2D eigenvalue weighted by Gasteiger charge is -2.32. The number of carbonyl (C=O) groups is 1. The van der Waals surface area contributed by atoms with Crippen molar-refractivity contribution < 1.29 is 19.2 Å². The average molecular weight is 398 g/mol. The molecule has 0 unspecified atom stereocenters. The Hall–Kier alpha value is -2.93. The standard InChI is InChI=1S/C22H26N2O5/c1-5-29-17-13-11-15(12-14-17)18-21(2,20(25)28-4)23-19(22(18,3)24(26)27)16-9-7-6-8-10-16/h6-14,18-19,23H,5H2,1-4H3/t18-,19+,21+,22+/m0/s1. The van der Waals surface area contributed by atoms with E-state index in [2.05, 4.69) is 5.32 Å². The van der Waals surface area contributed by atoms with Crippen LogP contribution in [0.4, 0.5) is 0 Å². The Morgan fingerprint density at radius 2 is 1.72 bits per heavy atom. The molecular formula is C22H26N2O5. The van der Waals surface area contributed by atoms with E-state index >= 15 is 0 Å². The highest BCUT2D eigenvalue weighted by molar-refractivity contribution is 5.83. The third kappa shape index (κ3) is 3.35. The van der Waals surface area contributed by atoms with Crippen molar-refractivity contribution in [1.29, 1.82) is 0 Å². The number of rotatable bonds is 6. The van der Waals surface area contributed by atoms with Gasteiger partial charge in [-0.1, -0.05) is 42.5 Å². The number of hydrogen-bond acceptors (Lipinski definition) is 6. The van der Waals surface area contributed by atoms with E-state index in [0.717, 1.165) is 5.56 Å². The first-order chi connectivity index (χ1) is 13.8. The predicted molar refractivity (Wildman–Crippen MR) is 108 cm³/mol. The maximum Gasteiger partial charge on any atom is 0.326 e. The Morgan fingerprint density at radius 1 is 1.10 bits per heavy atom. The van der Waals surface area contributed by atoms with Crippen LogP contribution in [0.1, 0.15) is 43.9 Å². The molecule has 0 spiro atoms. The Labute approximate surface area is 170 Å². The fourth-order valence-electron chi connectivity index (χ4n) is 4.54. The molecule has 4 atom stereocenters. The summed E-state index contributed by atoms with van der Waals surface area (Å²) in [6.07, 6.45) is 0. The van der Waals surface area contributed by atoms with E-state index in [4.69, 9.17) is 9.47 Å². The molecule has 0 aromatic heterocycles. The van der Waals surface area contributed by atoms with E-state index in [1.807, 2.05) is 37.3 Å². The van der Waals surface area contributed by atoms with Crippen molar-refractivity contribution in [3.63, 3.8) is 0 Å². The van der Waals surface area contributed by atoms with Gasteiger partial charge in [0.15, 0.2) is 0 Å². The summed E-state index contributed by atoms with van der Waals surface area (Å²) in [5, 5.41) is 15.7. The molecule has 2 aromatic rings. The predicted octanol–water partition coefficient (Wildman–Crippen LogP) is 3.48. The Kier molecular flexibility index (Phi) is 5.61. The first-order valence-corrected chi connectivity index (χ1v) is 9.57. The van der Waals surface area contributed by atoms with Crippen molar-refractivity contribution in [2.45, 2.75) is 43.8 Å². The molecule has 1 fully saturated rings. The molecule has 1 heterocycles. The van der Waals surface area contributed by atoms with Gasteiger partial charge in [-0.3, -0.25) is 20.2 Å². The van der Waals surface area contributed by atoms with Crippen LogP contribution < -0.4 is 10.1 Å². The van der Waals surface area contributed by atoms with Crippen LogP contribution in [0.2, 0.25) is 0 Å². The van der Waals surface area contributed by atoms with Gasteiger partial charge in [-0.2, -0.15) is 0 Å². The molecular weight excluding hydrogens is 372 g/mol. The zero-order valence-corrected chi connectivity index (χ0v) is 17.0. The normalized spacial score (nSPS) is 28.7. The lowest BCUT2D eigenvalue weighted by atomic mass is 9.70. The monoisotopic (exact) mass is 398 g/mol. The van der Waals surface area contributed by atoms with Gasteiger partial charge in [0.25, 0.3) is 0 Å². The topological polar surface area (TPSA) is 90.7 Å². The van der Waals surface area contributed by atoms with E-state index in [1.54, 1.807) is 38.1 Å². The smallest absolute Gasteiger partial charge is 0.326 e. The third-order valence-electron chi connectivity index (χ3n) is 5.85. The molecule has 7 nitrogen and oxygen atoms in total. The SMILES string of the molecule is CCOc1ccc([C@@H]2[C@@](C)([N+](=O)[O-])[C@@H](c3ccccc3)N[C@@]2(C)C(=O)OC)cc1. The van der Waals surface area contributed by atoms with E-state index in [9.17, 15) is 14.9 Å². The number of benzene rings is 2. The van der Waals surface area contributed by atoms with Crippen molar-refractivity contribution in [3.05, 3.63) is 75.8 Å². The molecule has 7 heteroatoms. The van der Waals surface area contributed by atoms with E-state index in [0.29, 0.717) is 17.9 Å². The quantitative estimate of drug-likeness (QED) is 0.455. The van der Waals surface area contributed by atoms with Crippen LogP contribution in [0.25, 0.3) is 0 Å². The molecule has 1 aliphatic rings. The van der Waals surface area contributed by atoms with E-state index < -0.39 is 29.0 Å². The van der Waals surface area contributed by atoms with Crippen molar-refractivity contribution >= 4 is 5.97 Å². The number of carbonyl (C=O) groups excluding carboxylic acids is 1. The summed E-state index contributed by atoms with van der Waals surface area (Å²) >= 11 is 0. The molecule has 1 N–H and O–H groups in total. The van der Waals surface area contributed by atoms with Crippen LogP contribution in [-0.2, 0) is 9.53 Å². The van der Waals surface area contributed by atoms with Crippen molar-refractivity contribution in [2.75, 3.05) is 13.7 Å². The largest absolute Gasteiger partial charge is 0.494 e. The summed E-state index contributed by atoms with van der Waals surface area (Å²) in [5.41, 5.74) is -1.36. The Morgan fingerprint density at radius 3 is 2.24 bits per heavy atom. The molecule has 154 valence electrons. The van der Waals surface area contributed by atoms with Gasteiger partial charge in [0.05, 0.1) is 19.6 Å². The molecule has 1 saturated heterocycles. The number of nitrogens with one attached hydrogen (secondary N) is 1. The fourth-order valence-corrected chi connectivity index (χ4v) is 4.54. The molecule has 0 aliphatic carbocycles. The van der Waals surface area contributed by atoms with Gasteiger partial charge in [-0.15, -0.1) is 0 Å². The number of esters is 1. The number of hydrogen-bond donors (Lipinski definition) is 1. The van der Waals surface area contributed by atoms with Gasteiger partial charge in [0.1, 0.15) is 17.3 Å². The second-order valence-electron chi connectivity index (χ2n) is 7.60. The van der Waals surface area contributed by atoms with Gasteiger partial charge in [0.2, 0.25) is 5.54 Å². The number of nitrogens with zero attached hydrogens (tertiary/aromatic N) is 1. The number of ether oxygens (including phenoxy) is 2. The van der Waals surface area contributed by atoms with Crippen LogP contribution in [0.15, 0.2) is 54.6 Å². The molecule has 2 aromatic carbocycles. The lowest BCUT2D eigenvalue weighted by molar-refractivity contribution is -0.571. The summed E-state index contributed by atoms with van der Waals surface area (Å²) in [4.78, 5) is 25.0. The molecule has 3 rings (SSSR count). The summed E-state index contributed by atoms with van der Waals surface area (Å²) < 4.78 is 10.6. The van der Waals surface area contributed by atoms with E-state index in [-0.39, 0.29) is 4.92 Å². The first kappa shape index (κ1) is 20.8.